The number of nitrogens with two attached hydrogens (primary N) is 1. The SMILES string of the molecule is CCOC(=O)C(Sc1nc2ccccc2o1)/C(C)=N\NC(N)=O. The third kappa shape index (κ3) is 4.46. The van der Waals surface area contributed by atoms with Crippen LogP contribution in [0.25, 0.3) is 11.1 Å². The van der Waals surface area contributed by atoms with Gasteiger partial charge >= 0.3 is 12.0 Å². The van der Waals surface area contributed by atoms with Crippen LogP contribution in [-0.2, 0) is 9.53 Å². The van der Waals surface area contributed by atoms with E-state index in [4.69, 9.17) is 14.9 Å². The average molecular weight is 336 g/mol. The predicted octanol–water partition coefficient (Wildman–Crippen LogP) is 1.90. The number of carbonyl (C=O) groups is 2. The summed E-state index contributed by atoms with van der Waals surface area (Å²) in [4.78, 5) is 27.2. The summed E-state index contributed by atoms with van der Waals surface area (Å²) in [6.07, 6.45) is 0. The molecule has 8 nitrogen and oxygen atoms in total. The summed E-state index contributed by atoms with van der Waals surface area (Å²) in [5.74, 6) is -0.507. The summed E-state index contributed by atoms with van der Waals surface area (Å²) in [5, 5.41) is 3.27. The van der Waals surface area contributed by atoms with Gasteiger partial charge in [-0.3, -0.25) is 4.79 Å². The van der Waals surface area contributed by atoms with Gasteiger partial charge < -0.3 is 14.9 Å². The molecular formula is C14H16N4O4S. The number of primary amides is 1. The van der Waals surface area contributed by atoms with Crippen molar-refractivity contribution in [2.24, 2.45) is 10.8 Å². The topological polar surface area (TPSA) is 120 Å². The number of aromatic nitrogens is 1. The van der Waals surface area contributed by atoms with Crippen molar-refractivity contribution < 1.29 is 18.7 Å². The molecule has 0 aliphatic heterocycles. The van der Waals surface area contributed by atoms with Crippen LogP contribution >= 0.6 is 11.8 Å². The quantitative estimate of drug-likeness (QED) is 0.360. The van der Waals surface area contributed by atoms with E-state index in [9.17, 15) is 9.59 Å². The molecule has 0 saturated heterocycles. The Morgan fingerprint density at radius 1 is 1.48 bits per heavy atom. The van der Waals surface area contributed by atoms with Crippen LogP contribution < -0.4 is 11.2 Å². The molecule has 0 fully saturated rings. The zero-order chi connectivity index (χ0) is 16.8. The van der Waals surface area contributed by atoms with Crippen molar-refractivity contribution in [1.29, 1.82) is 0 Å². The van der Waals surface area contributed by atoms with Gasteiger partial charge in [0, 0.05) is 0 Å². The van der Waals surface area contributed by atoms with Crippen LogP contribution in [0.15, 0.2) is 39.0 Å². The number of carbonyl (C=O) groups excluding carboxylic acids is 2. The summed E-state index contributed by atoms with van der Waals surface area (Å²) in [6.45, 7) is 3.50. The highest BCUT2D eigenvalue weighted by atomic mass is 32.2. The van der Waals surface area contributed by atoms with Crippen molar-refractivity contribution >= 4 is 40.6 Å². The maximum Gasteiger partial charge on any atom is 0.332 e. The Kier molecular flexibility index (Phi) is 5.58. The fourth-order valence-corrected chi connectivity index (χ4v) is 2.60. The molecule has 0 bridgehead atoms. The van der Waals surface area contributed by atoms with Crippen molar-refractivity contribution in [3.63, 3.8) is 0 Å². The summed E-state index contributed by atoms with van der Waals surface area (Å²) in [6, 6.07) is 6.43. The van der Waals surface area contributed by atoms with Crippen LogP contribution in [0.2, 0.25) is 0 Å². The molecule has 1 unspecified atom stereocenters. The number of fused-ring (bicyclic) bond motifs is 1. The Morgan fingerprint density at radius 2 is 2.22 bits per heavy atom. The second-order valence-electron chi connectivity index (χ2n) is 4.43. The molecule has 1 aromatic carbocycles. The third-order valence-corrected chi connectivity index (χ3v) is 3.86. The Bertz CT molecular complexity index is 710. The second kappa shape index (κ2) is 7.63. The molecule has 1 atom stereocenters. The fraction of sp³-hybridized carbons (Fsp3) is 0.286. The number of ether oxygens (including phenoxy) is 1. The van der Waals surface area contributed by atoms with Crippen LogP contribution in [-0.4, -0.2) is 34.6 Å². The van der Waals surface area contributed by atoms with Gasteiger partial charge in [0.15, 0.2) is 10.8 Å². The third-order valence-electron chi connectivity index (χ3n) is 2.72. The van der Waals surface area contributed by atoms with Gasteiger partial charge in [0.1, 0.15) is 5.52 Å². The number of esters is 1. The lowest BCUT2D eigenvalue weighted by Crippen LogP contribution is -2.31. The number of hydrogen-bond donors (Lipinski definition) is 2. The molecule has 0 spiro atoms. The number of nitrogens with one attached hydrogen (secondary N) is 1. The standard InChI is InChI=1S/C14H16N4O4S/c1-3-21-12(19)11(8(2)17-18-13(15)20)23-14-16-9-6-4-5-7-10(9)22-14/h4-7,11H,3H2,1-2H3,(H3,15,18,20)/b17-8-. The number of amides is 2. The molecule has 122 valence electrons. The minimum atomic E-state index is -0.821. The number of oxazole rings is 1. The highest BCUT2D eigenvalue weighted by Crippen LogP contribution is 2.28. The first-order valence-corrected chi connectivity index (χ1v) is 7.67. The molecule has 9 heteroatoms. The minimum absolute atomic E-state index is 0.222. The van der Waals surface area contributed by atoms with Gasteiger partial charge in [0.05, 0.1) is 12.3 Å². The van der Waals surface area contributed by atoms with Crippen LogP contribution in [0.3, 0.4) is 0 Å². The lowest BCUT2D eigenvalue weighted by molar-refractivity contribution is -0.141. The van der Waals surface area contributed by atoms with E-state index in [0.717, 1.165) is 11.8 Å². The summed E-state index contributed by atoms with van der Waals surface area (Å²) < 4.78 is 10.6. The largest absolute Gasteiger partial charge is 0.465 e. The fourth-order valence-electron chi connectivity index (χ4n) is 1.73. The van der Waals surface area contributed by atoms with Gasteiger partial charge in [-0.05, 0) is 37.7 Å². The molecule has 1 heterocycles. The molecule has 3 N–H and O–H groups in total. The van der Waals surface area contributed by atoms with Gasteiger partial charge in [-0.25, -0.2) is 15.2 Å². The lowest BCUT2D eigenvalue weighted by Gasteiger charge is -2.12. The van der Waals surface area contributed by atoms with E-state index in [1.807, 2.05) is 12.1 Å². The second-order valence-corrected chi connectivity index (χ2v) is 5.48. The van der Waals surface area contributed by atoms with Gasteiger partial charge in [-0.15, -0.1) is 0 Å². The molecule has 1 aromatic heterocycles. The van der Waals surface area contributed by atoms with Crippen molar-refractivity contribution in [3.05, 3.63) is 24.3 Å². The molecule has 0 saturated carbocycles. The number of thioether (sulfide) groups is 1. The highest BCUT2D eigenvalue weighted by Gasteiger charge is 2.27. The van der Waals surface area contributed by atoms with E-state index in [-0.39, 0.29) is 6.61 Å². The number of hydrogen-bond acceptors (Lipinski definition) is 7. The van der Waals surface area contributed by atoms with Crippen LogP contribution in [0.1, 0.15) is 13.8 Å². The maximum absolute atomic E-state index is 12.1. The minimum Gasteiger partial charge on any atom is -0.465 e. The molecule has 2 amide bonds. The van der Waals surface area contributed by atoms with E-state index in [1.165, 1.54) is 0 Å². The summed E-state index contributed by atoms with van der Waals surface area (Å²) in [7, 11) is 0. The Balaban J connectivity index is 2.24. The highest BCUT2D eigenvalue weighted by molar-refractivity contribution is 8.01. The molecule has 0 radical (unpaired) electrons. The molecule has 2 rings (SSSR count). The first-order chi connectivity index (χ1) is 11.0. The first kappa shape index (κ1) is 16.8. The number of urea groups is 1. The Labute approximate surface area is 136 Å². The van der Waals surface area contributed by atoms with E-state index in [1.54, 1.807) is 26.0 Å². The predicted molar refractivity (Wildman–Crippen MR) is 86.1 cm³/mol. The van der Waals surface area contributed by atoms with E-state index in [0.29, 0.717) is 22.0 Å². The normalized spacial score (nSPS) is 12.9. The monoisotopic (exact) mass is 336 g/mol. The number of para-hydroxylation sites is 2. The smallest absolute Gasteiger partial charge is 0.332 e. The van der Waals surface area contributed by atoms with Crippen molar-refractivity contribution in [2.45, 2.75) is 24.3 Å². The van der Waals surface area contributed by atoms with Gasteiger partial charge in [-0.1, -0.05) is 12.1 Å². The number of nitrogens with zero attached hydrogens (tertiary/aromatic N) is 2. The van der Waals surface area contributed by atoms with Gasteiger partial charge in [-0.2, -0.15) is 5.10 Å². The summed E-state index contributed by atoms with van der Waals surface area (Å²) >= 11 is 1.05. The lowest BCUT2D eigenvalue weighted by atomic mass is 10.3. The van der Waals surface area contributed by atoms with E-state index >= 15 is 0 Å². The van der Waals surface area contributed by atoms with Crippen molar-refractivity contribution in [2.75, 3.05) is 6.61 Å². The number of benzene rings is 1. The average Bonchev–Trinajstić information content (AvgIpc) is 2.93. The van der Waals surface area contributed by atoms with Crippen molar-refractivity contribution in [1.82, 2.24) is 10.4 Å². The first-order valence-electron chi connectivity index (χ1n) is 6.79. The molecular weight excluding hydrogens is 320 g/mol. The zero-order valence-electron chi connectivity index (χ0n) is 12.6. The van der Waals surface area contributed by atoms with Gasteiger partial charge in [0.25, 0.3) is 5.22 Å². The zero-order valence-corrected chi connectivity index (χ0v) is 13.4. The van der Waals surface area contributed by atoms with Crippen LogP contribution in [0, 0.1) is 0 Å². The summed E-state index contributed by atoms with van der Waals surface area (Å²) in [5.41, 5.74) is 8.67. The van der Waals surface area contributed by atoms with Crippen molar-refractivity contribution in [3.8, 4) is 0 Å². The Hall–Kier alpha value is -2.55. The Morgan fingerprint density at radius 3 is 2.87 bits per heavy atom. The van der Waals surface area contributed by atoms with Crippen LogP contribution in [0.4, 0.5) is 4.79 Å². The maximum atomic E-state index is 12.1. The van der Waals surface area contributed by atoms with E-state index in [2.05, 4.69) is 15.5 Å². The van der Waals surface area contributed by atoms with Crippen LogP contribution in [0.5, 0.6) is 0 Å². The molecule has 0 aliphatic carbocycles. The number of rotatable bonds is 6. The van der Waals surface area contributed by atoms with E-state index < -0.39 is 17.3 Å². The number of hydrazone groups is 1. The van der Waals surface area contributed by atoms with Gasteiger partial charge in [0.2, 0.25) is 0 Å². The molecule has 0 aliphatic rings. The molecule has 23 heavy (non-hydrogen) atoms. The molecule has 2 aromatic rings.